The Morgan fingerprint density at radius 1 is 1.42 bits per heavy atom. The van der Waals surface area contributed by atoms with Crippen LogP contribution in [0.4, 0.5) is 0 Å². The minimum atomic E-state index is 0.419. The van der Waals surface area contributed by atoms with Crippen LogP contribution in [0.1, 0.15) is 24.3 Å². The first-order chi connectivity index (χ1) is 5.88. The number of aromatic nitrogens is 3. The molecule has 0 aliphatic heterocycles. The molecule has 0 bridgehead atoms. The smallest absolute Gasteiger partial charge is 0.147 e. The van der Waals surface area contributed by atoms with Gasteiger partial charge in [-0.15, -0.1) is 23.5 Å². The molecule has 0 spiro atoms. The lowest BCUT2D eigenvalue weighted by atomic mass is 10.7. The predicted octanol–water partition coefficient (Wildman–Crippen LogP) is 2.31. The van der Waals surface area contributed by atoms with Crippen LogP contribution in [0.15, 0.2) is 6.33 Å². The largest absolute Gasteiger partial charge is 0.262 e. The van der Waals surface area contributed by atoms with Crippen LogP contribution in [0.3, 0.4) is 0 Å². The second-order valence-electron chi connectivity index (χ2n) is 2.11. The molecule has 1 aromatic heterocycles. The quantitative estimate of drug-likeness (QED) is 0.746. The van der Waals surface area contributed by atoms with Gasteiger partial charge >= 0.3 is 0 Å². The summed E-state index contributed by atoms with van der Waals surface area (Å²) in [4.78, 5) is 4.15. The van der Waals surface area contributed by atoms with Crippen LogP contribution >= 0.6 is 23.5 Å². The Hall–Kier alpha value is -0.160. The summed E-state index contributed by atoms with van der Waals surface area (Å²) in [5.41, 5.74) is 0. The maximum atomic E-state index is 4.15. The zero-order chi connectivity index (χ0) is 8.81. The van der Waals surface area contributed by atoms with Gasteiger partial charge in [-0.05, 0) is 11.5 Å². The van der Waals surface area contributed by atoms with Gasteiger partial charge in [-0.2, -0.15) is 5.10 Å². The van der Waals surface area contributed by atoms with E-state index in [4.69, 9.17) is 0 Å². The number of rotatable bonds is 5. The van der Waals surface area contributed by atoms with E-state index in [2.05, 4.69) is 29.0 Å². The average molecular weight is 203 g/mol. The standard InChI is InChI=1S/C7H13N3S2/c1-3-11-7(12-4-2)6-8-5-9-10-6/h5,7H,3-4H2,1-2H3,(H,8,9,10). The molecule has 5 heteroatoms. The van der Waals surface area contributed by atoms with Crippen molar-refractivity contribution in [2.24, 2.45) is 0 Å². The van der Waals surface area contributed by atoms with Gasteiger partial charge in [-0.1, -0.05) is 13.8 Å². The highest BCUT2D eigenvalue weighted by molar-refractivity contribution is 8.16. The molecule has 68 valence electrons. The van der Waals surface area contributed by atoms with Crippen LogP contribution < -0.4 is 0 Å². The number of hydrogen-bond acceptors (Lipinski definition) is 4. The van der Waals surface area contributed by atoms with Gasteiger partial charge in [-0.3, -0.25) is 5.10 Å². The normalized spacial score (nSPS) is 10.9. The summed E-state index contributed by atoms with van der Waals surface area (Å²) in [7, 11) is 0. The fraction of sp³-hybridized carbons (Fsp3) is 0.714. The molecule has 0 aromatic carbocycles. The van der Waals surface area contributed by atoms with Crippen LogP contribution in [0.2, 0.25) is 0 Å². The van der Waals surface area contributed by atoms with Gasteiger partial charge in [0.1, 0.15) is 16.7 Å². The van der Waals surface area contributed by atoms with Crippen molar-refractivity contribution in [2.45, 2.75) is 18.4 Å². The summed E-state index contributed by atoms with van der Waals surface area (Å²) in [6.45, 7) is 4.31. The van der Waals surface area contributed by atoms with Crippen LogP contribution in [0.5, 0.6) is 0 Å². The first-order valence-electron chi connectivity index (χ1n) is 3.97. The summed E-state index contributed by atoms with van der Waals surface area (Å²) in [5, 5.41) is 6.75. The van der Waals surface area contributed by atoms with Gasteiger partial charge in [0.15, 0.2) is 0 Å². The van der Waals surface area contributed by atoms with E-state index >= 15 is 0 Å². The summed E-state index contributed by atoms with van der Waals surface area (Å²) in [6, 6.07) is 0. The highest BCUT2D eigenvalue weighted by Gasteiger charge is 2.12. The monoisotopic (exact) mass is 203 g/mol. The van der Waals surface area contributed by atoms with Crippen molar-refractivity contribution in [1.29, 1.82) is 0 Å². The van der Waals surface area contributed by atoms with Gasteiger partial charge in [0.25, 0.3) is 0 Å². The zero-order valence-electron chi connectivity index (χ0n) is 7.28. The van der Waals surface area contributed by atoms with Crippen LogP contribution in [-0.4, -0.2) is 26.7 Å². The number of aromatic amines is 1. The van der Waals surface area contributed by atoms with E-state index in [0.717, 1.165) is 17.3 Å². The molecule has 0 amide bonds. The van der Waals surface area contributed by atoms with Gasteiger partial charge in [0.05, 0.1) is 0 Å². The number of H-pyrrole nitrogens is 1. The summed E-state index contributed by atoms with van der Waals surface area (Å²) < 4.78 is 0.419. The van der Waals surface area contributed by atoms with Crippen molar-refractivity contribution < 1.29 is 0 Å². The van der Waals surface area contributed by atoms with Crippen LogP contribution in [0, 0.1) is 0 Å². The van der Waals surface area contributed by atoms with Crippen molar-refractivity contribution in [3.8, 4) is 0 Å². The lowest BCUT2D eigenvalue weighted by molar-refractivity contribution is 1.02. The van der Waals surface area contributed by atoms with E-state index in [-0.39, 0.29) is 0 Å². The van der Waals surface area contributed by atoms with Crippen molar-refractivity contribution in [2.75, 3.05) is 11.5 Å². The molecular formula is C7H13N3S2. The van der Waals surface area contributed by atoms with Crippen LogP contribution in [0.25, 0.3) is 0 Å². The zero-order valence-corrected chi connectivity index (χ0v) is 8.91. The minimum absolute atomic E-state index is 0.419. The molecule has 0 atom stereocenters. The number of hydrogen-bond donors (Lipinski definition) is 1. The fourth-order valence-corrected chi connectivity index (χ4v) is 3.19. The molecule has 0 radical (unpaired) electrons. The maximum Gasteiger partial charge on any atom is 0.147 e. The Morgan fingerprint density at radius 3 is 2.50 bits per heavy atom. The molecule has 0 aliphatic rings. The number of thioether (sulfide) groups is 2. The second-order valence-corrected chi connectivity index (χ2v) is 5.18. The van der Waals surface area contributed by atoms with Gasteiger partial charge in [0.2, 0.25) is 0 Å². The predicted molar refractivity (Wildman–Crippen MR) is 55.4 cm³/mol. The first kappa shape index (κ1) is 9.92. The molecule has 0 saturated heterocycles. The second kappa shape index (κ2) is 5.48. The van der Waals surface area contributed by atoms with E-state index in [0.29, 0.717) is 4.58 Å². The van der Waals surface area contributed by atoms with Crippen molar-refractivity contribution in [1.82, 2.24) is 15.2 Å². The highest BCUT2D eigenvalue weighted by Crippen LogP contribution is 2.36. The molecule has 12 heavy (non-hydrogen) atoms. The SMILES string of the molecule is CCSC(SCC)c1ncn[nH]1. The maximum absolute atomic E-state index is 4.15. The Kier molecular flexibility index (Phi) is 4.53. The van der Waals surface area contributed by atoms with E-state index in [9.17, 15) is 0 Å². The Labute approximate surface area is 81.1 Å². The third kappa shape index (κ3) is 2.71. The van der Waals surface area contributed by atoms with Crippen LogP contribution in [-0.2, 0) is 0 Å². The third-order valence-electron chi connectivity index (χ3n) is 1.29. The number of nitrogens with one attached hydrogen (secondary N) is 1. The van der Waals surface area contributed by atoms with E-state index in [1.165, 1.54) is 0 Å². The summed E-state index contributed by atoms with van der Waals surface area (Å²) in [5.74, 6) is 3.20. The fourth-order valence-electron chi connectivity index (χ4n) is 0.837. The third-order valence-corrected chi connectivity index (χ3v) is 3.83. The molecular weight excluding hydrogens is 190 g/mol. The molecule has 3 nitrogen and oxygen atoms in total. The molecule has 1 aromatic rings. The van der Waals surface area contributed by atoms with Crippen molar-refractivity contribution >= 4 is 23.5 Å². The van der Waals surface area contributed by atoms with Crippen molar-refractivity contribution in [3.05, 3.63) is 12.2 Å². The van der Waals surface area contributed by atoms with E-state index < -0.39 is 0 Å². The first-order valence-corrected chi connectivity index (χ1v) is 6.06. The minimum Gasteiger partial charge on any atom is -0.262 e. The molecule has 1 heterocycles. The molecule has 1 N–H and O–H groups in total. The molecule has 1 rings (SSSR count). The lowest BCUT2D eigenvalue weighted by Gasteiger charge is -2.10. The van der Waals surface area contributed by atoms with Gasteiger partial charge in [0, 0.05) is 0 Å². The Morgan fingerprint density at radius 2 is 2.08 bits per heavy atom. The summed E-state index contributed by atoms with van der Waals surface area (Å²) in [6.07, 6.45) is 1.56. The Bertz CT molecular complexity index is 194. The molecule has 0 fully saturated rings. The number of nitrogens with zero attached hydrogens (tertiary/aromatic N) is 2. The topological polar surface area (TPSA) is 41.6 Å². The van der Waals surface area contributed by atoms with E-state index in [1.54, 1.807) is 6.33 Å². The molecule has 0 saturated carbocycles. The lowest BCUT2D eigenvalue weighted by Crippen LogP contribution is -1.93. The average Bonchev–Trinajstić information content (AvgIpc) is 2.56. The van der Waals surface area contributed by atoms with Gasteiger partial charge in [-0.25, -0.2) is 4.98 Å². The summed E-state index contributed by atoms with van der Waals surface area (Å²) >= 11 is 3.78. The Balaban J connectivity index is 2.53. The van der Waals surface area contributed by atoms with E-state index in [1.807, 2.05) is 23.5 Å². The van der Waals surface area contributed by atoms with Crippen molar-refractivity contribution in [3.63, 3.8) is 0 Å². The molecule has 0 aliphatic carbocycles. The molecule has 0 unspecified atom stereocenters. The van der Waals surface area contributed by atoms with Gasteiger partial charge < -0.3 is 0 Å². The highest BCUT2D eigenvalue weighted by atomic mass is 32.2.